The number of hydrogen-bond donors (Lipinski definition) is 1. The van der Waals surface area contributed by atoms with Crippen molar-refractivity contribution in [1.82, 2.24) is 0 Å². The number of rotatable bonds is 4. The van der Waals surface area contributed by atoms with E-state index in [2.05, 4.69) is 9.47 Å². The lowest BCUT2D eigenvalue weighted by atomic mass is 10.1. The van der Waals surface area contributed by atoms with Crippen molar-refractivity contribution in [2.45, 2.75) is 29.9 Å². The maximum absolute atomic E-state index is 12.7. The van der Waals surface area contributed by atoms with Gasteiger partial charge in [0.25, 0.3) is 16.5 Å². The molecule has 0 bridgehead atoms. The number of esters is 2. The van der Waals surface area contributed by atoms with Gasteiger partial charge in [0.1, 0.15) is 0 Å². The topological polar surface area (TPSA) is 107 Å². The summed E-state index contributed by atoms with van der Waals surface area (Å²) in [6.07, 6.45) is -13.7. The van der Waals surface area contributed by atoms with Crippen molar-refractivity contribution in [3.63, 3.8) is 0 Å². The minimum Gasteiger partial charge on any atom is -0.463 e. The number of carbonyl (C=O) groups excluding carboxylic acids is 2. The summed E-state index contributed by atoms with van der Waals surface area (Å²) in [6.45, 7) is -0.351. The fourth-order valence-corrected chi connectivity index (χ4v) is 2.27. The Morgan fingerprint density at radius 3 is 2.19 bits per heavy atom. The van der Waals surface area contributed by atoms with Crippen molar-refractivity contribution in [2.24, 2.45) is 0 Å². The molecule has 0 aromatic rings. The summed E-state index contributed by atoms with van der Waals surface area (Å²) in [5.41, 5.74) is 0. The van der Waals surface area contributed by atoms with Gasteiger partial charge in [0.05, 0.1) is 6.61 Å². The lowest BCUT2D eigenvalue weighted by molar-refractivity contribution is -0.212. The molecule has 1 N–H and O–H groups in total. The van der Waals surface area contributed by atoms with Crippen LogP contribution in [-0.4, -0.2) is 55.0 Å². The Morgan fingerprint density at radius 1 is 1.38 bits per heavy atom. The molecule has 0 aliphatic carbocycles. The molecular formula is C8H7F5O7S. The molecule has 0 amide bonds. The second-order valence-electron chi connectivity index (χ2n) is 3.86. The fourth-order valence-electron chi connectivity index (χ4n) is 1.49. The zero-order valence-electron chi connectivity index (χ0n) is 9.76. The Labute approximate surface area is 113 Å². The zero-order valence-corrected chi connectivity index (χ0v) is 10.6. The van der Waals surface area contributed by atoms with Crippen LogP contribution in [-0.2, 0) is 29.2 Å². The third kappa shape index (κ3) is 2.79. The standard InChI is InChI=1S/C8H7F5O7S/c9-5(10)7(8(11,12)13,21(16,17)18)6(15)20-3-1-2-19-4(3)14/h3,5H,1-2H2,(H,16,17,18). The second kappa shape index (κ2) is 5.36. The zero-order chi connectivity index (χ0) is 16.6. The van der Waals surface area contributed by atoms with Crippen LogP contribution in [0.15, 0.2) is 0 Å². The van der Waals surface area contributed by atoms with Gasteiger partial charge in [0.2, 0.25) is 6.10 Å². The van der Waals surface area contributed by atoms with Crippen LogP contribution in [0, 0.1) is 0 Å². The number of halogens is 5. The molecule has 2 atom stereocenters. The maximum atomic E-state index is 12.7. The molecule has 1 heterocycles. The van der Waals surface area contributed by atoms with Gasteiger partial charge in [0.15, 0.2) is 0 Å². The van der Waals surface area contributed by atoms with Crippen LogP contribution in [0.2, 0.25) is 0 Å². The predicted octanol–water partition coefficient (Wildman–Crippen LogP) is 0.299. The van der Waals surface area contributed by atoms with Crippen molar-refractivity contribution in [3.05, 3.63) is 0 Å². The monoisotopic (exact) mass is 342 g/mol. The van der Waals surface area contributed by atoms with E-state index in [1.807, 2.05) is 0 Å². The quantitative estimate of drug-likeness (QED) is 0.445. The van der Waals surface area contributed by atoms with E-state index in [0.29, 0.717) is 0 Å². The van der Waals surface area contributed by atoms with E-state index in [4.69, 9.17) is 4.55 Å². The number of carbonyl (C=O) groups is 2. The van der Waals surface area contributed by atoms with Gasteiger partial charge < -0.3 is 9.47 Å². The van der Waals surface area contributed by atoms with Gasteiger partial charge in [0, 0.05) is 6.42 Å². The van der Waals surface area contributed by atoms with Crippen LogP contribution in [0.4, 0.5) is 22.0 Å². The van der Waals surface area contributed by atoms with Gasteiger partial charge in [-0.15, -0.1) is 0 Å². The average Bonchev–Trinajstić information content (AvgIpc) is 2.59. The Hall–Kier alpha value is -1.50. The minimum absolute atomic E-state index is 0.351. The lowest BCUT2D eigenvalue weighted by Crippen LogP contribution is -2.63. The van der Waals surface area contributed by atoms with E-state index in [-0.39, 0.29) is 6.61 Å². The van der Waals surface area contributed by atoms with Crippen molar-refractivity contribution in [2.75, 3.05) is 6.61 Å². The Bertz CT molecular complexity index is 542. The molecule has 21 heavy (non-hydrogen) atoms. The smallest absolute Gasteiger partial charge is 0.427 e. The summed E-state index contributed by atoms with van der Waals surface area (Å²) < 4.78 is 96.1. The van der Waals surface area contributed by atoms with E-state index in [0.717, 1.165) is 0 Å². The van der Waals surface area contributed by atoms with E-state index >= 15 is 0 Å². The van der Waals surface area contributed by atoms with Gasteiger partial charge in [-0.3, -0.25) is 4.55 Å². The third-order valence-corrected chi connectivity index (χ3v) is 3.97. The average molecular weight is 342 g/mol. The van der Waals surface area contributed by atoms with Crippen molar-refractivity contribution >= 4 is 22.1 Å². The van der Waals surface area contributed by atoms with E-state index in [1.54, 1.807) is 0 Å². The number of hydrogen-bond acceptors (Lipinski definition) is 6. The van der Waals surface area contributed by atoms with Crippen LogP contribution in [0.25, 0.3) is 0 Å². The van der Waals surface area contributed by atoms with Crippen LogP contribution >= 0.6 is 0 Å². The molecule has 13 heteroatoms. The first-order valence-electron chi connectivity index (χ1n) is 5.05. The largest absolute Gasteiger partial charge is 0.463 e. The predicted molar refractivity (Wildman–Crippen MR) is 51.8 cm³/mol. The summed E-state index contributed by atoms with van der Waals surface area (Å²) in [6, 6.07) is 0. The molecule has 1 aliphatic heterocycles. The summed E-state index contributed by atoms with van der Waals surface area (Å²) >= 11 is 0. The second-order valence-corrected chi connectivity index (χ2v) is 5.45. The van der Waals surface area contributed by atoms with Gasteiger partial charge in [-0.2, -0.15) is 21.6 Å². The highest BCUT2D eigenvalue weighted by molar-refractivity contribution is 7.88. The first-order chi connectivity index (χ1) is 9.35. The Morgan fingerprint density at radius 2 is 1.90 bits per heavy atom. The van der Waals surface area contributed by atoms with E-state index in [9.17, 15) is 40.0 Å². The number of cyclic esters (lactones) is 1. The molecule has 1 aliphatic rings. The summed E-state index contributed by atoms with van der Waals surface area (Å²) in [5, 5.41) is 0. The normalized spacial score (nSPS) is 22.8. The third-order valence-electron chi connectivity index (χ3n) is 2.58. The fraction of sp³-hybridized carbons (Fsp3) is 0.750. The molecule has 0 saturated carbocycles. The number of ether oxygens (including phenoxy) is 2. The molecule has 0 spiro atoms. The summed E-state index contributed by atoms with van der Waals surface area (Å²) in [5.74, 6) is -4.32. The van der Waals surface area contributed by atoms with E-state index < -0.39 is 51.9 Å². The van der Waals surface area contributed by atoms with Crippen molar-refractivity contribution in [3.8, 4) is 0 Å². The SMILES string of the molecule is O=C1OCCC1OC(=O)C(C(F)F)(C(F)(F)F)S(=O)(=O)O. The van der Waals surface area contributed by atoms with Gasteiger partial charge in [-0.05, 0) is 0 Å². The van der Waals surface area contributed by atoms with Gasteiger partial charge in [-0.1, -0.05) is 0 Å². The van der Waals surface area contributed by atoms with Crippen LogP contribution in [0.3, 0.4) is 0 Å². The van der Waals surface area contributed by atoms with Crippen molar-refractivity contribution < 1.29 is 54.0 Å². The molecule has 1 rings (SSSR count). The first-order valence-corrected chi connectivity index (χ1v) is 6.49. The van der Waals surface area contributed by atoms with Crippen LogP contribution in [0.5, 0.6) is 0 Å². The number of alkyl halides is 5. The molecule has 0 aromatic heterocycles. The maximum Gasteiger partial charge on any atom is 0.427 e. The molecule has 1 saturated heterocycles. The molecule has 2 unspecified atom stereocenters. The molecule has 122 valence electrons. The molecule has 0 aromatic carbocycles. The van der Waals surface area contributed by atoms with Crippen molar-refractivity contribution in [1.29, 1.82) is 0 Å². The Kier molecular flexibility index (Phi) is 4.48. The van der Waals surface area contributed by atoms with Crippen LogP contribution < -0.4 is 0 Å². The van der Waals surface area contributed by atoms with E-state index in [1.165, 1.54) is 0 Å². The summed E-state index contributed by atoms with van der Waals surface area (Å²) in [7, 11) is -6.64. The highest BCUT2D eigenvalue weighted by Gasteiger charge is 2.77. The lowest BCUT2D eigenvalue weighted by Gasteiger charge is -2.29. The molecule has 0 radical (unpaired) electrons. The molecule has 7 nitrogen and oxygen atoms in total. The summed E-state index contributed by atoms with van der Waals surface area (Å²) in [4.78, 5) is 22.3. The Balaban J connectivity index is 3.30. The van der Waals surface area contributed by atoms with Crippen LogP contribution in [0.1, 0.15) is 6.42 Å². The molecule has 1 fully saturated rings. The van der Waals surface area contributed by atoms with Gasteiger partial charge >= 0.3 is 22.9 Å². The highest BCUT2D eigenvalue weighted by atomic mass is 32.2. The van der Waals surface area contributed by atoms with Gasteiger partial charge in [-0.25, -0.2) is 18.4 Å². The molecular weight excluding hydrogens is 335 g/mol. The first kappa shape index (κ1) is 17.6. The minimum atomic E-state index is -6.64. The highest BCUT2D eigenvalue weighted by Crippen LogP contribution is 2.43.